The zero-order valence-corrected chi connectivity index (χ0v) is 15.8. The van der Waals surface area contributed by atoms with E-state index < -0.39 is 12.1 Å². The van der Waals surface area contributed by atoms with Crippen LogP contribution in [0.5, 0.6) is 0 Å². The van der Waals surface area contributed by atoms with Crippen molar-refractivity contribution in [1.29, 1.82) is 5.26 Å². The van der Waals surface area contributed by atoms with E-state index in [9.17, 15) is 18.0 Å². The lowest BCUT2D eigenvalue weighted by atomic mass is 9.98. The first-order valence-electron chi connectivity index (χ1n) is 9.20. The van der Waals surface area contributed by atoms with Gasteiger partial charge in [0.1, 0.15) is 6.07 Å². The third-order valence-electron chi connectivity index (χ3n) is 4.98. The van der Waals surface area contributed by atoms with Crippen LogP contribution in [0.25, 0.3) is 0 Å². The van der Waals surface area contributed by atoms with Gasteiger partial charge in [-0.15, -0.1) is 10.2 Å². The molecular formula is C20H20F3N5O. The fraction of sp³-hybridized carbons (Fsp3) is 0.400. The molecule has 2 heterocycles. The molecule has 1 aromatic carbocycles. The van der Waals surface area contributed by atoms with Crippen molar-refractivity contribution in [2.24, 2.45) is 0 Å². The predicted molar refractivity (Wildman–Crippen MR) is 100 cm³/mol. The van der Waals surface area contributed by atoms with Crippen LogP contribution in [0.4, 0.5) is 19.0 Å². The van der Waals surface area contributed by atoms with E-state index in [1.807, 2.05) is 11.0 Å². The smallest absolute Gasteiger partial charge is 0.353 e. The van der Waals surface area contributed by atoms with Crippen LogP contribution >= 0.6 is 0 Å². The molecular weight excluding hydrogens is 383 g/mol. The van der Waals surface area contributed by atoms with E-state index in [0.29, 0.717) is 24.5 Å². The minimum atomic E-state index is -4.29. The fourth-order valence-electron chi connectivity index (χ4n) is 3.22. The van der Waals surface area contributed by atoms with Crippen molar-refractivity contribution < 1.29 is 18.0 Å². The van der Waals surface area contributed by atoms with E-state index in [4.69, 9.17) is 5.26 Å². The highest BCUT2D eigenvalue weighted by Gasteiger charge is 2.36. The molecule has 1 N–H and O–H groups in total. The summed E-state index contributed by atoms with van der Waals surface area (Å²) >= 11 is 0. The molecule has 3 rings (SSSR count). The summed E-state index contributed by atoms with van der Waals surface area (Å²) in [4.78, 5) is 14.3. The van der Waals surface area contributed by atoms with Gasteiger partial charge in [-0.1, -0.05) is 24.3 Å². The van der Waals surface area contributed by atoms with Gasteiger partial charge < -0.3 is 10.2 Å². The van der Waals surface area contributed by atoms with Gasteiger partial charge in [0.25, 0.3) is 0 Å². The molecule has 0 bridgehead atoms. The fourth-order valence-corrected chi connectivity index (χ4v) is 3.22. The summed E-state index contributed by atoms with van der Waals surface area (Å²) < 4.78 is 38.3. The van der Waals surface area contributed by atoms with Crippen LogP contribution in [0.3, 0.4) is 0 Å². The molecule has 6 nitrogen and oxygen atoms in total. The Labute approximate surface area is 166 Å². The normalized spacial score (nSPS) is 17.6. The minimum absolute atomic E-state index is 0.0514. The molecule has 2 atom stereocenters. The third-order valence-corrected chi connectivity index (χ3v) is 4.98. The Bertz CT molecular complexity index is 890. The number of benzene rings is 1. The Morgan fingerprint density at radius 2 is 2.00 bits per heavy atom. The van der Waals surface area contributed by atoms with Gasteiger partial charge in [0.05, 0.1) is 12.3 Å². The molecule has 1 fully saturated rings. The maximum absolute atomic E-state index is 12.8. The molecule has 0 saturated carbocycles. The van der Waals surface area contributed by atoms with Gasteiger partial charge >= 0.3 is 6.18 Å². The summed E-state index contributed by atoms with van der Waals surface area (Å²) in [6.45, 7) is 2.40. The molecule has 152 valence electrons. The van der Waals surface area contributed by atoms with Crippen molar-refractivity contribution in [2.75, 3.05) is 18.0 Å². The highest BCUT2D eigenvalue weighted by molar-refractivity contribution is 5.79. The van der Waals surface area contributed by atoms with E-state index in [2.05, 4.69) is 15.5 Å². The van der Waals surface area contributed by atoms with Gasteiger partial charge in [0, 0.05) is 19.1 Å². The average Bonchev–Trinajstić information content (AvgIpc) is 3.15. The van der Waals surface area contributed by atoms with Crippen LogP contribution in [0.1, 0.15) is 36.1 Å². The molecule has 0 radical (unpaired) electrons. The summed E-state index contributed by atoms with van der Waals surface area (Å²) in [5, 5.41) is 19.5. The number of carbonyl (C=O) groups is 1. The Balaban J connectivity index is 1.51. The summed E-state index contributed by atoms with van der Waals surface area (Å²) in [5.74, 6) is -1.07. The predicted octanol–water partition coefficient (Wildman–Crippen LogP) is 2.95. The number of alkyl halides is 3. The van der Waals surface area contributed by atoms with Crippen molar-refractivity contribution in [2.45, 2.75) is 37.9 Å². The first kappa shape index (κ1) is 20.6. The van der Waals surface area contributed by atoms with Crippen molar-refractivity contribution in [3.8, 4) is 6.07 Å². The monoisotopic (exact) mass is 403 g/mol. The Kier molecular flexibility index (Phi) is 6.01. The van der Waals surface area contributed by atoms with Gasteiger partial charge in [-0.2, -0.15) is 18.4 Å². The zero-order valence-electron chi connectivity index (χ0n) is 15.8. The van der Waals surface area contributed by atoms with Gasteiger partial charge in [-0.05, 0) is 36.6 Å². The second kappa shape index (κ2) is 8.47. The van der Waals surface area contributed by atoms with Crippen LogP contribution in [0.15, 0.2) is 36.4 Å². The highest BCUT2D eigenvalue weighted by atomic mass is 19.4. The van der Waals surface area contributed by atoms with E-state index in [1.54, 1.807) is 24.3 Å². The van der Waals surface area contributed by atoms with Gasteiger partial charge in [-0.3, -0.25) is 4.79 Å². The van der Waals surface area contributed by atoms with Crippen molar-refractivity contribution in [3.63, 3.8) is 0 Å². The molecule has 1 aliphatic heterocycles. The number of hydrogen-bond acceptors (Lipinski definition) is 5. The van der Waals surface area contributed by atoms with Gasteiger partial charge in [-0.25, -0.2) is 0 Å². The Morgan fingerprint density at radius 1 is 1.28 bits per heavy atom. The molecule has 9 heteroatoms. The minimum Gasteiger partial charge on any atom is -0.353 e. The molecule has 1 saturated heterocycles. The lowest BCUT2D eigenvalue weighted by molar-refractivity contribution is -0.146. The third kappa shape index (κ3) is 5.22. The Hall–Kier alpha value is -3.15. The summed E-state index contributed by atoms with van der Waals surface area (Å²) in [6.07, 6.45) is -3.43. The average molecular weight is 403 g/mol. The number of amides is 1. The van der Waals surface area contributed by atoms with Crippen LogP contribution < -0.4 is 10.2 Å². The molecule has 29 heavy (non-hydrogen) atoms. The SMILES string of the molecule is CC(c1ccc(CC(=O)NC2CCN(c3ccc(C#N)nn3)C2)cc1)C(F)(F)F. The summed E-state index contributed by atoms with van der Waals surface area (Å²) in [5.41, 5.74) is 1.08. The maximum Gasteiger partial charge on any atom is 0.395 e. The quantitative estimate of drug-likeness (QED) is 0.830. The number of nitrogens with zero attached hydrogens (tertiary/aromatic N) is 4. The first-order valence-corrected chi connectivity index (χ1v) is 9.20. The van der Waals surface area contributed by atoms with Crippen molar-refractivity contribution >= 4 is 11.7 Å². The van der Waals surface area contributed by atoms with E-state index in [1.165, 1.54) is 12.1 Å². The standard InChI is InChI=1S/C20H20F3N5O/c1-13(20(21,22)23)15-4-2-14(3-5-15)10-19(29)25-17-8-9-28(12-17)18-7-6-16(11-24)26-27-18/h2-7,13,17H,8-10,12H2,1H3,(H,25,29). The van der Waals surface area contributed by atoms with E-state index >= 15 is 0 Å². The number of carbonyl (C=O) groups excluding carboxylic acids is 1. The number of aromatic nitrogens is 2. The van der Waals surface area contributed by atoms with E-state index in [0.717, 1.165) is 13.3 Å². The molecule has 2 aromatic rings. The largest absolute Gasteiger partial charge is 0.395 e. The number of nitriles is 1. The summed E-state index contributed by atoms with van der Waals surface area (Å²) in [6, 6.07) is 11.1. The number of hydrogen-bond donors (Lipinski definition) is 1. The van der Waals surface area contributed by atoms with E-state index in [-0.39, 0.29) is 29.6 Å². The van der Waals surface area contributed by atoms with Gasteiger partial charge in [0.2, 0.25) is 5.91 Å². The molecule has 0 spiro atoms. The number of halogens is 3. The molecule has 2 unspecified atom stereocenters. The van der Waals surface area contributed by atoms with Crippen LogP contribution in [-0.4, -0.2) is 41.4 Å². The lowest BCUT2D eigenvalue weighted by Crippen LogP contribution is -2.38. The number of nitrogens with one attached hydrogen (secondary N) is 1. The molecule has 1 aliphatic rings. The van der Waals surface area contributed by atoms with Crippen molar-refractivity contribution in [1.82, 2.24) is 15.5 Å². The molecule has 0 aliphatic carbocycles. The topological polar surface area (TPSA) is 81.9 Å². The molecule has 1 amide bonds. The second-order valence-electron chi connectivity index (χ2n) is 7.07. The van der Waals surface area contributed by atoms with Gasteiger partial charge in [0.15, 0.2) is 11.5 Å². The number of rotatable bonds is 5. The maximum atomic E-state index is 12.8. The second-order valence-corrected chi connectivity index (χ2v) is 7.07. The number of anilines is 1. The first-order chi connectivity index (χ1) is 13.8. The summed E-state index contributed by atoms with van der Waals surface area (Å²) in [7, 11) is 0. The Morgan fingerprint density at radius 3 is 2.59 bits per heavy atom. The highest BCUT2D eigenvalue weighted by Crippen LogP contribution is 2.34. The zero-order chi connectivity index (χ0) is 21.0. The van der Waals surface area contributed by atoms with Crippen LogP contribution in [0.2, 0.25) is 0 Å². The van der Waals surface area contributed by atoms with Crippen LogP contribution in [0, 0.1) is 11.3 Å². The molecule has 1 aromatic heterocycles. The van der Waals surface area contributed by atoms with Crippen molar-refractivity contribution in [3.05, 3.63) is 53.2 Å². The lowest BCUT2D eigenvalue weighted by Gasteiger charge is -2.17. The van der Waals surface area contributed by atoms with Crippen LogP contribution in [-0.2, 0) is 11.2 Å².